The number of allylic oxidation sites excluding steroid dienone is 1. The average Bonchev–Trinajstić information content (AvgIpc) is 2.67. The van der Waals surface area contributed by atoms with Crippen LogP contribution in [-0.2, 0) is 0 Å². The normalized spacial score (nSPS) is 9.76. The minimum atomic E-state index is -0.291. The molecule has 120 valence electrons. The summed E-state index contributed by atoms with van der Waals surface area (Å²) in [5.41, 5.74) is 3.10. The summed E-state index contributed by atoms with van der Waals surface area (Å²) in [6.07, 6.45) is 0. The maximum Gasteiger partial charge on any atom is 0.196 e. The largest absolute Gasteiger partial charge is 0.507 e. The standard InChI is InChI=1S/C23H16O2/c1-17(23(25)21-9-5-6-10-22(21)24)20-15-13-19(14-16-20)12-11-18-7-3-2-4-8-18/h2-10,13-16,24H,1H2. The number of hydrogen-bond donors (Lipinski definition) is 1. The summed E-state index contributed by atoms with van der Waals surface area (Å²) < 4.78 is 0. The molecule has 0 fully saturated rings. The number of hydrogen-bond acceptors (Lipinski definition) is 2. The minimum absolute atomic E-state index is 0.0426. The van der Waals surface area contributed by atoms with Gasteiger partial charge in [-0.3, -0.25) is 4.79 Å². The Morgan fingerprint density at radius 3 is 1.96 bits per heavy atom. The number of carbonyl (C=O) groups excluding carboxylic acids is 1. The highest BCUT2D eigenvalue weighted by atomic mass is 16.3. The van der Waals surface area contributed by atoms with E-state index in [4.69, 9.17) is 0 Å². The van der Waals surface area contributed by atoms with Crippen LogP contribution in [0, 0.1) is 11.8 Å². The molecule has 0 amide bonds. The Balaban J connectivity index is 1.78. The van der Waals surface area contributed by atoms with Crippen LogP contribution in [0.4, 0.5) is 0 Å². The van der Waals surface area contributed by atoms with Crippen molar-refractivity contribution in [3.63, 3.8) is 0 Å². The molecular weight excluding hydrogens is 308 g/mol. The second-order valence-electron chi connectivity index (χ2n) is 5.52. The highest BCUT2D eigenvalue weighted by molar-refractivity contribution is 6.29. The van der Waals surface area contributed by atoms with Crippen LogP contribution in [0.1, 0.15) is 27.0 Å². The molecule has 0 heterocycles. The van der Waals surface area contributed by atoms with Crippen molar-refractivity contribution in [3.8, 4) is 17.6 Å². The van der Waals surface area contributed by atoms with Gasteiger partial charge < -0.3 is 5.11 Å². The van der Waals surface area contributed by atoms with Gasteiger partial charge in [-0.25, -0.2) is 0 Å². The number of phenolic OH excluding ortho intramolecular Hbond substituents is 1. The molecule has 0 radical (unpaired) electrons. The summed E-state index contributed by atoms with van der Waals surface area (Å²) in [6, 6.07) is 23.6. The Morgan fingerprint density at radius 1 is 0.760 bits per heavy atom. The third kappa shape index (κ3) is 3.85. The Kier molecular flexibility index (Phi) is 4.78. The average molecular weight is 324 g/mol. The molecule has 2 heteroatoms. The van der Waals surface area contributed by atoms with E-state index in [9.17, 15) is 9.90 Å². The fourth-order valence-electron chi connectivity index (χ4n) is 2.38. The number of aromatic hydroxyl groups is 1. The second kappa shape index (κ2) is 7.33. The molecule has 0 aliphatic heterocycles. The molecule has 0 saturated heterocycles. The molecular formula is C23H16O2. The second-order valence-corrected chi connectivity index (χ2v) is 5.52. The number of ketones is 1. The van der Waals surface area contributed by atoms with Crippen molar-refractivity contribution in [2.24, 2.45) is 0 Å². The van der Waals surface area contributed by atoms with Gasteiger partial charge in [0.25, 0.3) is 0 Å². The van der Waals surface area contributed by atoms with Gasteiger partial charge in [0.2, 0.25) is 0 Å². The topological polar surface area (TPSA) is 37.3 Å². The third-order valence-electron chi connectivity index (χ3n) is 3.78. The lowest BCUT2D eigenvalue weighted by Gasteiger charge is -2.07. The van der Waals surface area contributed by atoms with Crippen molar-refractivity contribution < 1.29 is 9.90 Å². The number of phenols is 1. The van der Waals surface area contributed by atoms with Crippen LogP contribution in [0.5, 0.6) is 5.75 Å². The predicted molar refractivity (Wildman–Crippen MR) is 100 cm³/mol. The quantitative estimate of drug-likeness (QED) is 0.431. The van der Waals surface area contributed by atoms with Gasteiger partial charge in [0.05, 0.1) is 5.56 Å². The maximum absolute atomic E-state index is 12.5. The summed E-state index contributed by atoms with van der Waals surface area (Å²) in [4.78, 5) is 12.5. The van der Waals surface area contributed by atoms with Crippen molar-refractivity contribution in [1.82, 2.24) is 0 Å². The smallest absolute Gasteiger partial charge is 0.196 e. The molecule has 0 aliphatic rings. The molecule has 0 aromatic heterocycles. The van der Waals surface area contributed by atoms with E-state index in [1.54, 1.807) is 18.2 Å². The number of benzene rings is 3. The SMILES string of the molecule is C=C(C(=O)c1ccccc1O)c1ccc(C#Cc2ccccc2)cc1. The molecule has 0 unspecified atom stereocenters. The van der Waals surface area contributed by atoms with Crippen molar-refractivity contribution >= 4 is 11.4 Å². The zero-order valence-corrected chi connectivity index (χ0v) is 13.6. The van der Waals surface area contributed by atoms with E-state index in [0.29, 0.717) is 11.1 Å². The number of Topliss-reactive ketones (excluding diaryl/α,β-unsaturated/α-hetero) is 1. The van der Waals surface area contributed by atoms with E-state index in [-0.39, 0.29) is 17.1 Å². The molecule has 3 aromatic carbocycles. The first-order valence-electron chi connectivity index (χ1n) is 7.84. The number of rotatable bonds is 3. The van der Waals surface area contributed by atoms with Gasteiger partial charge in [-0.1, -0.05) is 60.9 Å². The Hall–Kier alpha value is -3.57. The monoisotopic (exact) mass is 324 g/mol. The first kappa shape index (κ1) is 16.3. The molecule has 2 nitrogen and oxygen atoms in total. The van der Waals surface area contributed by atoms with Crippen molar-refractivity contribution in [2.45, 2.75) is 0 Å². The van der Waals surface area contributed by atoms with Crippen molar-refractivity contribution in [3.05, 3.63) is 108 Å². The van der Waals surface area contributed by atoms with E-state index in [0.717, 1.165) is 11.1 Å². The molecule has 1 N–H and O–H groups in total. The molecule has 3 rings (SSSR count). The van der Waals surface area contributed by atoms with Crippen LogP contribution in [0.15, 0.2) is 85.4 Å². The van der Waals surface area contributed by atoms with Crippen LogP contribution in [-0.4, -0.2) is 10.9 Å². The van der Waals surface area contributed by atoms with Gasteiger partial charge in [-0.15, -0.1) is 0 Å². The van der Waals surface area contributed by atoms with Crippen molar-refractivity contribution in [1.29, 1.82) is 0 Å². The van der Waals surface area contributed by atoms with Crippen molar-refractivity contribution in [2.75, 3.05) is 0 Å². The highest BCUT2D eigenvalue weighted by Gasteiger charge is 2.15. The van der Waals surface area contributed by atoms with E-state index >= 15 is 0 Å². The number of carbonyl (C=O) groups is 1. The fraction of sp³-hybridized carbons (Fsp3) is 0. The van der Waals surface area contributed by atoms with Gasteiger partial charge >= 0.3 is 0 Å². The highest BCUT2D eigenvalue weighted by Crippen LogP contribution is 2.24. The lowest BCUT2D eigenvalue weighted by Crippen LogP contribution is -2.02. The summed E-state index contributed by atoms with van der Waals surface area (Å²) >= 11 is 0. The van der Waals surface area contributed by atoms with Gasteiger partial charge in [0, 0.05) is 16.7 Å². The van der Waals surface area contributed by atoms with Gasteiger partial charge in [0.1, 0.15) is 5.75 Å². The van der Waals surface area contributed by atoms with Gasteiger partial charge in [0.15, 0.2) is 5.78 Å². The molecule has 0 saturated carbocycles. The van der Waals surface area contributed by atoms with E-state index in [1.807, 2.05) is 54.6 Å². The minimum Gasteiger partial charge on any atom is -0.507 e. The van der Waals surface area contributed by atoms with Gasteiger partial charge in [-0.05, 0) is 42.0 Å². The number of para-hydroxylation sites is 1. The predicted octanol–water partition coefficient (Wildman–Crippen LogP) is 4.69. The fourth-order valence-corrected chi connectivity index (χ4v) is 2.38. The first-order chi connectivity index (χ1) is 12.1. The molecule has 0 aliphatic carbocycles. The Morgan fingerprint density at radius 2 is 1.32 bits per heavy atom. The van der Waals surface area contributed by atoms with Gasteiger partial charge in [-0.2, -0.15) is 0 Å². The van der Waals surface area contributed by atoms with Crippen LogP contribution < -0.4 is 0 Å². The summed E-state index contributed by atoms with van der Waals surface area (Å²) in [5, 5.41) is 9.82. The Labute approximate surface area is 147 Å². The summed E-state index contributed by atoms with van der Waals surface area (Å²) in [7, 11) is 0. The lowest BCUT2D eigenvalue weighted by molar-refractivity contribution is 0.105. The molecule has 0 atom stereocenters. The van der Waals surface area contributed by atoms with Crippen LogP contribution in [0.2, 0.25) is 0 Å². The molecule has 0 bridgehead atoms. The van der Waals surface area contributed by atoms with E-state index in [2.05, 4.69) is 18.4 Å². The van der Waals surface area contributed by atoms with Crippen LogP contribution in [0.25, 0.3) is 5.57 Å². The van der Waals surface area contributed by atoms with E-state index in [1.165, 1.54) is 6.07 Å². The summed E-state index contributed by atoms with van der Waals surface area (Å²) in [6.45, 7) is 3.87. The summed E-state index contributed by atoms with van der Waals surface area (Å²) in [5.74, 6) is 5.85. The molecule has 3 aromatic rings. The zero-order chi connectivity index (χ0) is 17.6. The van der Waals surface area contributed by atoms with E-state index < -0.39 is 0 Å². The molecule has 0 spiro atoms. The third-order valence-corrected chi connectivity index (χ3v) is 3.78. The van der Waals surface area contributed by atoms with Crippen LogP contribution >= 0.6 is 0 Å². The lowest BCUT2D eigenvalue weighted by atomic mass is 9.97. The first-order valence-corrected chi connectivity index (χ1v) is 7.84. The zero-order valence-electron chi connectivity index (χ0n) is 13.6. The molecule has 25 heavy (non-hydrogen) atoms. The Bertz CT molecular complexity index is 972. The van der Waals surface area contributed by atoms with Crippen LogP contribution in [0.3, 0.4) is 0 Å². The maximum atomic E-state index is 12.5.